The van der Waals surface area contributed by atoms with Gasteiger partial charge in [-0.1, -0.05) is 17.8 Å². The van der Waals surface area contributed by atoms with Gasteiger partial charge in [0, 0.05) is 34.0 Å². The van der Waals surface area contributed by atoms with Crippen molar-refractivity contribution in [3.05, 3.63) is 59.3 Å². The molecule has 1 fully saturated rings. The molecule has 0 aromatic carbocycles. The summed E-state index contributed by atoms with van der Waals surface area (Å²) in [6.07, 6.45) is 5.24. The molecule has 14 heteroatoms. The van der Waals surface area contributed by atoms with E-state index in [1.165, 1.54) is 17.8 Å². The van der Waals surface area contributed by atoms with Crippen LogP contribution in [0.25, 0.3) is 0 Å². The number of carboxylic acid groups (broad SMARTS) is 1. The molecule has 2 aromatic rings. The minimum atomic E-state index is -1.44. The Morgan fingerprint density at radius 3 is 2.75 bits per heavy atom. The van der Waals surface area contributed by atoms with Crippen molar-refractivity contribution in [3.63, 3.8) is 0 Å². The normalized spacial score (nSPS) is 19.4. The minimum Gasteiger partial charge on any atom is -0.543 e. The van der Waals surface area contributed by atoms with Crippen molar-refractivity contribution in [1.29, 1.82) is 0 Å². The fourth-order valence-electron chi connectivity index (χ4n) is 3.98. The topological polar surface area (TPSA) is 167 Å². The number of carbonyl (C=O) groups excluding carboxylic acids is 3. The number of thioether (sulfide) groups is 1. The maximum absolute atomic E-state index is 13.0. The monoisotopic (exact) mass is 529 g/mol. The highest BCUT2D eigenvalue weighted by Crippen LogP contribution is 2.40. The predicted octanol–water partition coefficient (Wildman–Crippen LogP) is -0.965. The van der Waals surface area contributed by atoms with Crippen LogP contribution in [-0.4, -0.2) is 61.5 Å². The first-order chi connectivity index (χ1) is 17.2. The van der Waals surface area contributed by atoms with Gasteiger partial charge in [0.1, 0.15) is 18.0 Å². The van der Waals surface area contributed by atoms with E-state index in [-0.39, 0.29) is 29.0 Å². The van der Waals surface area contributed by atoms with Crippen LogP contribution in [0.15, 0.2) is 47.5 Å². The zero-order valence-electron chi connectivity index (χ0n) is 19.5. The number of nitrogens with zero attached hydrogens (tertiary/aromatic N) is 5. The molecule has 36 heavy (non-hydrogen) atoms. The molecule has 2 aliphatic rings. The van der Waals surface area contributed by atoms with Gasteiger partial charge in [-0.15, -0.1) is 11.8 Å². The number of aliphatic carboxylic acids is 1. The van der Waals surface area contributed by atoms with Gasteiger partial charge in [0.25, 0.3) is 11.8 Å². The molecule has 0 bridgehead atoms. The van der Waals surface area contributed by atoms with Gasteiger partial charge >= 0.3 is 0 Å². The molecule has 0 saturated carbocycles. The summed E-state index contributed by atoms with van der Waals surface area (Å²) in [5.74, 6) is -2.48. The number of aryl methyl sites for hydroxylation is 2. The van der Waals surface area contributed by atoms with Crippen molar-refractivity contribution >= 4 is 51.9 Å². The third kappa shape index (κ3) is 5.09. The van der Waals surface area contributed by atoms with Crippen molar-refractivity contribution in [2.45, 2.75) is 31.8 Å². The molecule has 4 heterocycles. The van der Waals surface area contributed by atoms with Crippen LogP contribution >= 0.6 is 23.3 Å². The average Bonchev–Trinajstić information content (AvgIpc) is 3.24. The molecule has 2 aromatic heterocycles. The van der Waals surface area contributed by atoms with Crippen LogP contribution in [-0.2, 0) is 25.8 Å². The fourth-order valence-corrected chi connectivity index (χ4v) is 5.75. The number of aromatic nitrogens is 3. The summed E-state index contributed by atoms with van der Waals surface area (Å²) >= 11 is 2.22. The maximum atomic E-state index is 13.0. The lowest BCUT2D eigenvalue weighted by Gasteiger charge is -2.50. The third-order valence-corrected chi connectivity index (χ3v) is 7.19. The van der Waals surface area contributed by atoms with Crippen LogP contribution in [0.4, 0.5) is 5.13 Å². The van der Waals surface area contributed by atoms with Crippen molar-refractivity contribution < 1.29 is 28.9 Å². The van der Waals surface area contributed by atoms with Gasteiger partial charge in [-0.3, -0.25) is 14.5 Å². The highest BCUT2D eigenvalue weighted by atomic mass is 32.2. The molecule has 1 saturated heterocycles. The number of pyridine rings is 1. The molecular formula is C22H23N7O5S2. The van der Waals surface area contributed by atoms with Crippen molar-refractivity contribution in [2.75, 3.05) is 18.1 Å². The van der Waals surface area contributed by atoms with Crippen molar-refractivity contribution in [1.82, 2.24) is 19.6 Å². The minimum absolute atomic E-state index is 0.0338. The summed E-state index contributed by atoms with van der Waals surface area (Å²) in [6.45, 7) is 7.74. The van der Waals surface area contributed by atoms with E-state index in [0.29, 0.717) is 17.9 Å². The molecule has 2 atom stereocenters. The average molecular weight is 530 g/mol. The molecule has 1 unspecified atom stereocenters. The highest BCUT2D eigenvalue weighted by Gasteiger charge is 2.53. The van der Waals surface area contributed by atoms with E-state index in [9.17, 15) is 19.5 Å². The molecular weight excluding hydrogens is 506 g/mol. The molecule has 2 amide bonds. The van der Waals surface area contributed by atoms with Gasteiger partial charge in [0.05, 0.1) is 11.7 Å². The molecule has 188 valence electrons. The van der Waals surface area contributed by atoms with E-state index in [1.54, 1.807) is 0 Å². The van der Waals surface area contributed by atoms with E-state index in [0.717, 1.165) is 27.6 Å². The number of carboxylic acids is 1. The first-order valence-electron chi connectivity index (χ1n) is 10.8. The SMILES string of the molecule is C=CCON=C(C(=O)NC1C(=O)N2C(C(=O)[O-])=C(C[n+]3cc(C)cc(C)c3)CS[C@@H]12)c1nsc(N)n1. The summed E-state index contributed by atoms with van der Waals surface area (Å²) in [4.78, 5) is 48.2. The number of hydrogen-bond donors (Lipinski definition) is 2. The summed E-state index contributed by atoms with van der Waals surface area (Å²) in [7, 11) is 0. The first-order valence-corrected chi connectivity index (χ1v) is 12.6. The Morgan fingerprint density at radius 1 is 1.42 bits per heavy atom. The van der Waals surface area contributed by atoms with E-state index >= 15 is 0 Å². The van der Waals surface area contributed by atoms with Crippen LogP contribution in [0.5, 0.6) is 0 Å². The summed E-state index contributed by atoms with van der Waals surface area (Å²) in [5, 5.41) is 17.9. The number of nitrogen functional groups attached to an aromatic ring is 1. The van der Waals surface area contributed by atoms with E-state index in [4.69, 9.17) is 10.6 Å². The lowest BCUT2D eigenvalue weighted by atomic mass is 10.0. The lowest BCUT2D eigenvalue weighted by molar-refractivity contribution is -0.689. The Balaban J connectivity index is 1.54. The zero-order chi connectivity index (χ0) is 26.0. The van der Waals surface area contributed by atoms with Crippen LogP contribution in [0, 0.1) is 13.8 Å². The van der Waals surface area contributed by atoms with Crippen LogP contribution in [0.1, 0.15) is 17.0 Å². The number of fused-ring (bicyclic) bond motifs is 1. The number of nitrogens with two attached hydrogens (primary N) is 1. The Morgan fingerprint density at radius 2 is 2.14 bits per heavy atom. The fraction of sp³-hybridized carbons (Fsp3) is 0.318. The Hall–Kier alpha value is -3.78. The Bertz CT molecular complexity index is 1290. The number of β-lactam (4-membered cyclic amide) rings is 1. The van der Waals surface area contributed by atoms with Crippen LogP contribution < -0.4 is 20.7 Å². The van der Waals surface area contributed by atoms with Crippen molar-refractivity contribution in [3.8, 4) is 0 Å². The van der Waals surface area contributed by atoms with E-state index in [2.05, 4.69) is 26.4 Å². The second-order valence-corrected chi connectivity index (χ2v) is 10.0. The van der Waals surface area contributed by atoms with Crippen LogP contribution in [0.2, 0.25) is 0 Å². The lowest BCUT2D eigenvalue weighted by Crippen LogP contribution is -2.71. The zero-order valence-corrected chi connectivity index (χ0v) is 21.1. The molecule has 0 aliphatic carbocycles. The van der Waals surface area contributed by atoms with Crippen LogP contribution in [0.3, 0.4) is 0 Å². The molecule has 3 N–H and O–H groups in total. The van der Waals surface area contributed by atoms with Gasteiger partial charge in [0.2, 0.25) is 11.5 Å². The van der Waals surface area contributed by atoms with Gasteiger partial charge in [-0.25, -0.2) is 4.57 Å². The Labute approximate surface area is 214 Å². The summed E-state index contributed by atoms with van der Waals surface area (Å²) in [6, 6.07) is 1.03. The van der Waals surface area contributed by atoms with Gasteiger partial charge in [-0.2, -0.15) is 9.36 Å². The number of amides is 2. The third-order valence-electron chi connectivity index (χ3n) is 5.31. The largest absolute Gasteiger partial charge is 0.543 e. The molecule has 12 nitrogen and oxygen atoms in total. The molecule has 4 rings (SSSR count). The first kappa shape index (κ1) is 25.3. The standard InChI is InChI=1S/C22H23N7O5S2/c1-4-5-34-26-14(17-25-22(23)36-27-17)18(30)24-15-19(31)29-16(21(32)33)13(10-35-20(15)29)9-28-7-11(2)6-12(3)8-28/h4,6-8,15,20H,1,5,9-10H2,2-3H3,(H3-,23,24,25,27,30,32,33)/t15?,20-/m0/s1. The highest BCUT2D eigenvalue weighted by molar-refractivity contribution is 8.00. The number of rotatable bonds is 9. The predicted molar refractivity (Wildman–Crippen MR) is 130 cm³/mol. The van der Waals surface area contributed by atoms with Gasteiger partial charge < -0.3 is 25.8 Å². The number of nitrogens with one attached hydrogen (secondary N) is 1. The van der Waals surface area contributed by atoms with E-state index in [1.807, 2.05) is 36.9 Å². The number of hydrogen-bond acceptors (Lipinski definition) is 11. The number of oxime groups is 1. The quantitative estimate of drug-likeness (QED) is 0.104. The molecule has 0 radical (unpaired) electrons. The van der Waals surface area contributed by atoms with Gasteiger partial charge in [-0.05, 0) is 19.9 Å². The number of anilines is 1. The molecule has 0 spiro atoms. The Kier molecular flexibility index (Phi) is 7.35. The van der Waals surface area contributed by atoms with E-state index < -0.39 is 29.2 Å². The second-order valence-electron chi connectivity index (χ2n) is 8.14. The number of carbonyl (C=O) groups is 3. The second kappa shape index (κ2) is 10.5. The maximum Gasteiger partial charge on any atom is 0.278 e. The summed E-state index contributed by atoms with van der Waals surface area (Å²) in [5.41, 5.74) is 7.79. The van der Waals surface area contributed by atoms with Crippen molar-refractivity contribution in [2.24, 2.45) is 5.16 Å². The van der Waals surface area contributed by atoms with Gasteiger partial charge in [0.15, 0.2) is 24.1 Å². The summed E-state index contributed by atoms with van der Waals surface area (Å²) < 4.78 is 5.86. The molecule has 2 aliphatic heterocycles. The smallest absolute Gasteiger partial charge is 0.278 e.